The van der Waals surface area contributed by atoms with E-state index in [0.29, 0.717) is 24.1 Å². The largest absolute Gasteiger partial charge is 0.292 e. The van der Waals surface area contributed by atoms with Crippen molar-refractivity contribution in [3.05, 3.63) is 29.3 Å². The van der Waals surface area contributed by atoms with Crippen molar-refractivity contribution in [2.45, 2.75) is 43.1 Å². The number of ketones is 1. The molecule has 2 saturated heterocycles. The first-order valence-corrected chi connectivity index (χ1v) is 7.89. The molecule has 0 spiro atoms. The van der Waals surface area contributed by atoms with Crippen molar-refractivity contribution >= 4 is 16.6 Å². The summed E-state index contributed by atoms with van der Waals surface area (Å²) in [6, 6.07) is 1.34. The van der Waals surface area contributed by atoms with E-state index >= 15 is 0 Å². The molecule has 2 aliphatic rings. The predicted molar refractivity (Wildman–Crippen MR) is 70.9 cm³/mol. The Morgan fingerprint density at radius 3 is 2.58 bits per heavy atom. The van der Waals surface area contributed by atoms with Crippen molar-refractivity contribution in [3.63, 3.8) is 0 Å². The highest BCUT2D eigenvalue weighted by molar-refractivity contribution is 7.86. The van der Waals surface area contributed by atoms with Crippen molar-refractivity contribution < 1.29 is 13.4 Å². The summed E-state index contributed by atoms with van der Waals surface area (Å²) in [6.45, 7) is 1.71. The Balaban J connectivity index is 1.83. The molecule has 3 heterocycles. The SMILES string of the molecule is Cc1cc(F)cnc1C(=O)C1CC2CCC(C1)S2=O. The number of fused-ring (bicyclic) bond motifs is 2. The van der Waals surface area contributed by atoms with Gasteiger partial charge in [0.2, 0.25) is 0 Å². The Hall–Kier alpha value is -1.10. The zero-order valence-corrected chi connectivity index (χ0v) is 11.6. The van der Waals surface area contributed by atoms with Gasteiger partial charge in [-0.15, -0.1) is 0 Å². The van der Waals surface area contributed by atoms with Gasteiger partial charge in [0.25, 0.3) is 0 Å². The summed E-state index contributed by atoms with van der Waals surface area (Å²) in [6.07, 6.45) is 4.42. The highest BCUT2D eigenvalue weighted by Gasteiger charge is 2.43. The van der Waals surface area contributed by atoms with E-state index in [1.807, 2.05) is 0 Å². The summed E-state index contributed by atoms with van der Waals surface area (Å²) in [5.74, 6) is -0.517. The van der Waals surface area contributed by atoms with Gasteiger partial charge in [0, 0.05) is 27.2 Å². The van der Waals surface area contributed by atoms with Crippen LogP contribution in [-0.2, 0) is 10.8 Å². The summed E-state index contributed by atoms with van der Waals surface area (Å²) >= 11 is 0. The molecule has 2 aliphatic heterocycles. The van der Waals surface area contributed by atoms with E-state index in [0.717, 1.165) is 19.0 Å². The number of aromatic nitrogens is 1. The van der Waals surface area contributed by atoms with Crippen LogP contribution in [0.4, 0.5) is 4.39 Å². The van der Waals surface area contributed by atoms with Crippen LogP contribution in [-0.4, -0.2) is 25.5 Å². The maximum atomic E-state index is 13.0. The minimum atomic E-state index is -0.754. The molecular formula is C14H16FNO2S. The Morgan fingerprint density at radius 2 is 2.00 bits per heavy atom. The molecule has 1 aromatic heterocycles. The number of carbonyl (C=O) groups is 1. The molecule has 0 saturated carbocycles. The standard InChI is InChI=1S/C14H16FNO2S/c1-8-4-10(15)7-16-13(8)14(17)9-5-11-2-3-12(6-9)19(11)18/h4,7,9,11-12H,2-3,5-6H2,1H3. The van der Waals surface area contributed by atoms with Crippen LogP contribution in [0.25, 0.3) is 0 Å². The molecule has 2 fully saturated rings. The van der Waals surface area contributed by atoms with Crippen molar-refractivity contribution in [3.8, 4) is 0 Å². The van der Waals surface area contributed by atoms with Crippen LogP contribution in [0, 0.1) is 18.7 Å². The molecule has 0 N–H and O–H groups in total. The van der Waals surface area contributed by atoms with E-state index in [-0.39, 0.29) is 22.2 Å². The summed E-state index contributed by atoms with van der Waals surface area (Å²) in [4.78, 5) is 16.4. The van der Waals surface area contributed by atoms with Gasteiger partial charge in [-0.1, -0.05) is 0 Å². The van der Waals surface area contributed by atoms with E-state index in [1.54, 1.807) is 6.92 Å². The smallest absolute Gasteiger partial charge is 0.184 e. The van der Waals surface area contributed by atoms with Gasteiger partial charge in [0.1, 0.15) is 11.5 Å². The lowest BCUT2D eigenvalue weighted by Gasteiger charge is -2.26. The lowest BCUT2D eigenvalue weighted by molar-refractivity contribution is 0.0900. The maximum absolute atomic E-state index is 13.0. The highest BCUT2D eigenvalue weighted by atomic mass is 32.2. The number of hydrogen-bond acceptors (Lipinski definition) is 3. The normalized spacial score (nSPS) is 33.4. The molecule has 0 radical (unpaired) electrons. The van der Waals surface area contributed by atoms with Gasteiger partial charge >= 0.3 is 0 Å². The van der Waals surface area contributed by atoms with Crippen LogP contribution in [0.2, 0.25) is 0 Å². The van der Waals surface area contributed by atoms with E-state index in [1.165, 1.54) is 6.07 Å². The zero-order chi connectivity index (χ0) is 13.6. The molecule has 3 rings (SSSR count). The Bertz CT molecular complexity index is 544. The van der Waals surface area contributed by atoms with Crippen LogP contribution in [0.1, 0.15) is 41.7 Å². The average molecular weight is 281 g/mol. The summed E-state index contributed by atoms with van der Waals surface area (Å²) < 4.78 is 25.0. The van der Waals surface area contributed by atoms with Crippen molar-refractivity contribution in [2.75, 3.05) is 0 Å². The molecule has 0 aromatic carbocycles. The highest BCUT2D eigenvalue weighted by Crippen LogP contribution is 2.39. The van der Waals surface area contributed by atoms with Crippen molar-refractivity contribution in [1.29, 1.82) is 0 Å². The van der Waals surface area contributed by atoms with Gasteiger partial charge in [-0.2, -0.15) is 0 Å². The maximum Gasteiger partial charge on any atom is 0.184 e. The molecule has 0 aliphatic carbocycles. The third-order valence-electron chi connectivity index (χ3n) is 4.21. The fourth-order valence-corrected chi connectivity index (χ4v) is 5.36. The molecule has 2 bridgehead atoms. The zero-order valence-electron chi connectivity index (χ0n) is 10.8. The molecule has 2 unspecified atom stereocenters. The van der Waals surface area contributed by atoms with Crippen LogP contribution in [0.3, 0.4) is 0 Å². The Morgan fingerprint density at radius 1 is 1.37 bits per heavy atom. The van der Waals surface area contributed by atoms with Crippen LogP contribution < -0.4 is 0 Å². The van der Waals surface area contributed by atoms with Gasteiger partial charge in [0.05, 0.1) is 6.20 Å². The van der Waals surface area contributed by atoms with E-state index < -0.39 is 16.6 Å². The average Bonchev–Trinajstić information content (AvgIpc) is 2.61. The number of pyridine rings is 1. The minimum absolute atomic E-state index is 0.00824. The van der Waals surface area contributed by atoms with Crippen molar-refractivity contribution in [1.82, 2.24) is 4.98 Å². The van der Waals surface area contributed by atoms with Gasteiger partial charge in [-0.3, -0.25) is 9.00 Å². The van der Waals surface area contributed by atoms with Crippen LogP contribution >= 0.6 is 0 Å². The van der Waals surface area contributed by atoms with Gasteiger partial charge in [-0.25, -0.2) is 9.37 Å². The monoisotopic (exact) mass is 281 g/mol. The van der Waals surface area contributed by atoms with E-state index in [2.05, 4.69) is 4.98 Å². The van der Waals surface area contributed by atoms with E-state index in [4.69, 9.17) is 0 Å². The third-order valence-corrected chi connectivity index (χ3v) is 6.38. The predicted octanol–water partition coefficient (Wildman–Crippen LogP) is 2.40. The molecule has 0 amide bonds. The summed E-state index contributed by atoms with van der Waals surface area (Å²) in [5.41, 5.74) is 0.961. The molecule has 5 heteroatoms. The first-order chi connectivity index (χ1) is 9.06. The fourth-order valence-electron chi connectivity index (χ4n) is 3.24. The lowest BCUT2D eigenvalue weighted by Crippen LogP contribution is -2.32. The minimum Gasteiger partial charge on any atom is -0.292 e. The second-order valence-electron chi connectivity index (χ2n) is 5.50. The molecule has 19 heavy (non-hydrogen) atoms. The molecule has 102 valence electrons. The van der Waals surface area contributed by atoms with Gasteiger partial charge < -0.3 is 0 Å². The fraction of sp³-hybridized carbons (Fsp3) is 0.571. The van der Waals surface area contributed by atoms with Crippen LogP contribution in [0.5, 0.6) is 0 Å². The molecule has 2 atom stereocenters. The van der Waals surface area contributed by atoms with Gasteiger partial charge in [0.15, 0.2) is 5.78 Å². The molecular weight excluding hydrogens is 265 g/mol. The Labute approximate surface area is 114 Å². The molecule has 3 nitrogen and oxygen atoms in total. The number of halogens is 1. The van der Waals surface area contributed by atoms with Gasteiger partial charge in [-0.05, 0) is 44.2 Å². The third kappa shape index (κ3) is 2.24. The number of rotatable bonds is 2. The number of carbonyl (C=O) groups excluding carboxylic acids is 1. The first kappa shape index (κ1) is 12.9. The van der Waals surface area contributed by atoms with Crippen LogP contribution in [0.15, 0.2) is 12.3 Å². The number of Topliss-reactive ketones (excluding diaryl/α,β-unsaturated/α-hetero) is 1. The van der Waals surface area contributed by atoms with E-state index in [9.17, 15) is 13.4 Å². The second-order valence-corrected chi connectivity index (χ2v) is 7.49. The molecule has 1 aromatic rings. The summed E-state index contributed by atoms with van der Waals surface area (Å²) in [7, 11) is -0.754. The Kier molecular flexibility index (Phi) is 3.25. The second kappa shape index (κ2) is 4.78. The first-order valence-electron chi connectivity index (χ1n) is 6.62. The topological polar surface area (TPSA) is 47.0 Å². The summed E-state index contributed by atoms with van der Waals surface area (Å²) in [5, 5.41) is 0.349. The van der Waals surface area contributed by atoms with Crippen molar-refractivity contribution in [2.24, 2.45) is 5.92 Å². The number of aryl methyl sites for hydroxylation is 1. The number of hydrogen-bond donors (Lipinski definition) is 0. The quantitative estimate of drug-likeness (QED) is 0.782. The number of nitrogens with zero attached hydrogens (tertiary/aromatic N) is 1. The lowest BCUT2D eigenvalue weighted by atomic mass is 9.91.